The van der Waals surface area contributed by atoms with Gasteiger partial charge in [-0.25, -0.2) is 0 Å². The van der Waals surface area contributed by atoms with E-state index in [0.29, 0.717) is 35.8 Å². The highest BCUT2D eigenvalue weighted by Gasteiger charge is 2.11. The van der Waals surface area contributed by atoms with E-state index in [4.69, 9.17) is 20.0 Å². The van der Waals surface area contributed by atoms with Gasteiger partial charge in [-0.2, -0.15) is 10.5 Å². The molecule has 0 aromatic heterocycles. The molecular weight excluding hydrogens is 540 g/mol. The molecule has 3 rings (SSSR count). The van der Waals surface area contributed by atoms with E-state index >= 15 is 0 Å². The van der Waals surface area contributed by atoms with Crippen LogP contribution in [0.2, 0.25) is 0 Å². The summed E-state index contributed by atoms with van der Waals surface area (Å²) in [5.74, 6) is 14.4. The molecule has 0 atom stereocenters. The largest absolute Gasteiger partial charge is 0.492 e. The van der Waals surface area contributed by atoms with Crippen molar-refractivity contribution in [3.8, 4) is 47.3 Å². The van der Waals surface area contributed by atoms with E-state index in [1.807, 2.05) is 36.4 Å². The van der Waals surface area contributed by atoms with Crippen molar-refractivity contribution in [2.24, 2.45) is 0 Å². The van der Waals surface area contributed by atoms with Gasteiger partial charge < -0.3 is 9.47 Å². The Morgan fingerprint density at radius 3 is 1.16 bits per heavy atom. The molecule has 0 saturated carbocycles. The van der Waals surface area contributed by atoms with Crippen molar-refractivity contribution in [3.05, 3.63) is 94.0 Å². The van der Waals surface area contributed by atoms with Gasteiger partial charge in [0.2, 0.25) is 0 Å². The maximum atomic E-state index is 9.13. The lowest BCUT2D eigenvalue weighted by atomic mass is 10.1. The molecule has 0 amide bonds. The van der Waals surface area contributed by atoms with Crippen molar-refractivity contribution < 1.29 is 9.47 Å². The average Bonchev–Trinajstić information content (AvgIpc) is 3.06. The summed E-state index contributed by atoms with van der Waals surface area (Å²) in [4.78, 5) is 0. The number of nitrogens with zero attached hydrogens (tertiary/aromatic N) is 2. The highest BCUT2D eigenvalue weighted by Crippen LogP contribution is 2.29. The molecule has 0 aliphatic carbocycles. The van der Waals surface area contributed by atoms with Crippen LogP contribution in [-0.2, 0) is 0 Å². The van der Waals surface area contributed by atoms with Crippen LogP contribution >= 0.6 is 0 Å². The summed E-state index contributed by atoms with van der Waals surface area (Å²) in [6.07, 6.45) is 14.2. The van der Waals surface area contributed by atoms with Crippen LogP contribution < -0.4 is 9.47 Å². The summed E-state index contributed by atoms with van der Waals surface area (Å²) in [5, 5.41) is 18.3. The molecule has 0 unspecified atom stereocenters. The fraction of sp³-hybridized carbons (Fsp3) is 0.400. The number of rotatable bonds is 16. The maximum absolute atomic E-state index is 9.13. The molecule has 3 aromatic rings. The molecule has 0 fully saturated rings. The first-order valence-electron chi connectivity index (χ1n) is 16.1. The lowest BCUT2D eigenvalue weighted by Gasteiger charge is -2.14. The molecule has 4 nitrogen and oxygen atoms in total. The van der Waals surface area contributed by atoms with Crippen LogP contribution in [0.5, 0.6) is 11.5 Å². The standard InChI is InChI=1S/C40H44N2O2/c1-3-5-7-9-11-13-27-43-39-29-38(26-24-34-17-21-36(32-42)22-18-34)40(44-28-14-12-10-8-6-4-2)30-37(39)25-23-33-15-19-35(31-41)20-16-33/h15-22,29-30H,3-14,27-28H2,1-2H3. The van der Waals surface area contributed by atoms with Crippen LogP contribution in [0.25, 0.3) is 0 Å². The Labute approximate surface area is 265 Å². The van der Waals surface area contributed by atoms with Crippen molar-refractivity contribution in [2.75, 3.05) is 13.2 Å². The summed E-state index contributed by atoms with van der Waals surface area (Å²) in [7, 11) is 0. The number of hydrogen-bond acceptors (Lipinski definition) is 4. The van der Waals surface area contributed by atoms with E-state index in [2.05, 4.69) is 49.7 Å². The molecule has 226 valence electrons. The van der Waals surface area contributed by atoms with Crippen LogP contribution in [-0.4, -0.2) is 13.2 Å². The van der Waals surface area contributed by atoms with E-state index in [1.165, 1.54) is 51.4 Å². The van der Waals surface area contributed by atoms with Gasteiger partial charge in [-0.15, -0.1) is 0 Å². The molecule has 0 spiro atoms. The Balaban J connectivity index is 1.90. The Morgan fingerprint density at radius 1 is 0.455 bits per heavy atom. The number of ether oxygens (including phenoxy) is 2. The van der Waals surface area contributed by atoms with Gasteiger partial charge in [0.15, 0.2) is 0 Å². The Bertz CT molecular complexity index is 1380. The van der Waals surface area contributed by atoms with Gasteiger partial charge >= 0.3 is 0 Å². The second-order valence-corrected chi connectivity index (χ2v) is 11.0. The van der Waals surface area contributed by atoms with Crippen LogP contribution in [0, 0.1) is 46.3 Å². The van der Waals surface area contributed by atoms with Gasteiger partial charge in [0.25, 0.3) is 0 Å². The van der Waals surface area contributed by atoms with Gasteiger partial charge in [0.1, 0.15) is 11.5 Å². The highest BCUT2D eigenvalue weighted by atomic mass is 16.5. The number of unbranched alkanes of at least 4 members (excludes halogenated alkanes) is 10. The van der Waals surface area contributed by atoms with Gasteiger partial charge in [0.05, 0.1) is 47.6 Å². The third-order valence-corrected chi connectivity index (χ3v) is 7.30. The second-order valence-electron chi connectivity index (χ2n) is 11.0. The first-order valence-corrected chi connectivity index (χ1v) is 16.1. The lowest BCUT2D eigenvalue weighted by molar-refractivity contribution is 0.295. The summed E-state index contributed by atoms with van der Waals surface area (Å²) in [6, 6.07) is 22.7. The Morgan fingerprint density at radius 2 is 0.795 bits per heavy atom. The minimum Gasteiger partial charge on any atom is -0.492 e. The summed E-state index contributed by atoms with van der Waals surface area (Å²) in [6.45, 7) is 5.68. The van der Waals surface area contributed by atoms with E-state index in [-0.39, 0.29) is 0 Å². The molecular formula is C40H44N2O2. The normalized spacial score (nSPS) is 10.0. The molecule has 4 heteroatoms. The molecule has 0 aliphatic heterocycles. The Kier molecular flexibility index (Phi) is 15.6. The number of benzene rings is 3. The number of hydrogen-bond donors (Lipinski definition) is 0. The summed E-state index contributed by atoms with van der Waals surface area (Å²) in [5.41, 5.74) is 4.36. The predicted octanol–water partition coefficient (Wildman–Crippen LogP) is 9.71. The minimum atomic E-state index is 0.606. The first-order chi connectivity index (χ1) is 21.7. The van der Waals surface area contributed by atoms with Crippen LogP contribution in [0.1, 0.15) is 124 Å². The zero-order valence-electron chi connectivity index (χ0n) is 26.4. The van der Waals surface area contributed by atoms with Gasteiger partial charge in [-0.1, -0.05) is 102 Å². The van der Waals surface area contributed by atoms with Crippen LogP contribution in [0.15, 0.2) is 60.7 Å². The van der Waals surface area contributed by atoms with Crippen LogP contribution in [0.4, 0.5) is 0 Å². The zero-order valence-corrected chi connectivity index (χ0v) is 26.4. The molecule has 0 radical (unpaired) electrons. The van der Waals surface area contributed by atoms with Crippen LogP contribution in [0.3, 0.4) is 0 Å². The summed E-state index contributed by atoms with van der Waals surface area (Å²) >= 11 is 0. The monoisotopic (exact) mass is 584 g/mol. The third-order valence-electron chi connectivity index (χ3n) is 7.30. The molecule has 44 heavy (non-hydrogen) atoms. The van der Waals surface area contributed by atoms with E-state index in [0.717, 1.165) is 47.9 Å². The molecule has 0 bridgehead atoms. The zero-order chi connectivity index (χ0) is 31.2. The third kappa shape index (κ3) is 12.3. The van der Waals surface area contributed by atoms with E-state index in [9.17, 15) is 0 Å². The van der Waals surface area contributed by atoms with Crippen molar-refractivity contribution in [2.45, 2.75) is 90.9 Å². The lowest BCUT2D eigenvalue weighted by Crippen LogP contribution is -2.03. The SMILES string of the molecule is CCCCCCCCOc1cc(C#Cc2ccc(C#N)cc2)c(OCCCCCCCC)cc1C#Cc1ccc(C#N)cc1. The van der Waals surface area contributed by atoms with Crippen molar-refractivity contribution in [3.63, 3.8) is 0 Å². The molecule has 0 aliphatic rings. The quantitative estimate of drug-likeness (QED) is 0.124. The predicted molar refractivity (Wildman–Crippen MR) is 178 cm³/mol. The van der Waals surface area contributed by atoms with Crippen molar-refractivity contribution in [1.29, 1.82) is 10.5 Å². The van der Waals surface area contributed by atoms with Crippen molar-refractivity contribution >= 4 is 0 Å². The van der Waals surface area contributed by atoms with Gasteiger partial charge in [0, 0.05) is 23.3 Å². The first kappa shape index (κ1) is 33.9. The smallest absolute Gasteiger partial charge is 0.136 e. The average molecular weight is 585 g/mol. The fourth-order valence-electron chi connectivity index (χ4n) is 4.66. The molecule has 0 heterocycles. The topological polar surface area (TPSA) is 66.0 Å². The minimum absolute atomic E-state index is 0.606. The highest BCUT2D eigenvalue weighted by molar-refractivity contribution is 5.60. The molecule has 0 N–H and O–H groups in total. The van der Waals surface area contributed by atoms with Gasteiger partial charge in [-0.3, -0.25) is 0 Å². The molecule has 0 saturated heterocycles. The maximum Gasteiger partial charge on any atom is 0.136 e. The Hall–Kier alpha value is -4.64. The summed E-state index contributed by atoms with van der Waals surface area (Å²) < 4.78 is 12.6. The van der Waals surface area contributed by atoms with Crippen molar-refractivity contribution in [1.82, 2.24) is 0 Å². The second kappa shape index (κ2) is 20.3. The fourth-order valence-corrected chi connectivity index (χ4v) is 4.66. The number of nitriles is 2. The van der Waals surface area contributed by atoms with E-state index < -0.39 is 0 Å². The molecule has 3 aromatic carbocycles. The van der Waals surface area contributed by atoms with Gasteiger partial charge in [-0.05, 0) is 61.4 Å². The van der Waals surface area contributed by atoms with E-state index in [1.54, 1.807) is 24.3 Å².